The smallest absolute Gasteiger partial charge is 0.244 e. The van der Waals surface area contributed by atoms with Crippen molar-refractivity contribution in [3.05, 3.63) is 99.0 Å². The molecule has 0 bridgehead atoms. The monoisotopic (exact) mass is 623 g/mol. The molecule has 2 amide bonds. The fourth-order valence-electron chi connectivity index (χ4n) is 4.11. The molecule has 214 valence electrons. The lowest BCUT2D eigenvalue weighted by molar-refractivity contribution is -0.140. The summed E-state index contributed by atoms with van der Waals surface area (Å²) >= 11 is 18.6. The molecule has 0 aliphatic carbocycles. The van der Waals surface area contributed by atoms with Gasteiger partial charge in [-0.2, -0.15) is 0 Å². The van der Waals surface area contributed by atoms with Gasteiger partial charge in [0.2, 0.25) is 21.8 Å². The molecule has 0 saturated heterocycles. The summed E-state index contributed by atoms with van der Waals surface area (Å²) in [5.41, 5.74) is 1.63. The van der Waals surface area contributed by atoms with Gasteiger partial charge in [-0.3, -0.25) is 13.9 Å². The van der Waals surface area contributed by atoms with E-state index in [2.05, 4.69) is 5.32 Å². The third-order valence-corrected chi connectivity index (χ3v) is 8.27. The maximum Gasteiger partial charge on any atom is 0.244 e. The number of hydrogen-bond donors (Lipinski definition) is 1. The van der Waals surface area contributed by atoms with Crippen LogP contribution in [0.3, 0.4) is 0 Å². The number of nitrogens with zero attached hydrogens (tertiary/aromatic N) is 2. The Hall–Kier alpha value is -2.78. The highest BCUT2D eigenvalue weighted by Gasteiger charge is 2.34. The molecule has 0 aliphatic rings. The van der Waals surface area contributed by atoms with Crippen molar-refractivity contribution in [2.75, 3.05) is 17.1 Å². The molecule has 0 radical (unpaired) electrons. The summed E-state index contributed by atoms with van der Waals surface area (Å²) in [6.07, 6.45) is 1.91. The van der Waals surface area contributed by atoms with Gasteiger partial charge in [-0.05, 0) is 54.8 Å². The molecule has 7 nitrogen and oxygen atoms in total. The molecule has 2 atom stereocenters. The predicted molar refractivity (Wildman–Crippen MR) is 162 cm³/mol. The topological polar surface area (TPSA) is 86.8 Å². The van der Waals surface area contributed by atoms with E-state index >= 15 is 0 Å². The number of halogens is 3. The highest BCUT2D eigenvalue weighted by atomic mass is 35.5. The lowest BCUT2D eigenvalue weighted by Crippen LogP contribution is -2.54. The van der Waals surface area contributed by atoms with Gasteiger partial charge in [-0.15, -0.1) is 0 Å². The first kappa shape index (κ1) is 31.7. The van der Waals surface area contributed by atoms with Crippen molar-refractivity contribution in [3.63, 3.8) is 0 Å². The second-order valence-corrected chi connectivity index (χ2v) is 12.7. The number of rotatable bonds is 12. The van der Waals surface area contributed by atoms with Crippen molar-refractivity contribution >= 4 is 62.3 Å². The zero-order valence-electron chi connectivity index (χ0n) is 22.5. The largest absolute Gasteiger partial charge is 0.352 e. The summed E-state index contributed by atoms with van der Waals surface area (Å²) in [6, 6.07) is 19.6. The third-order valence-electron chi connectivity index (χ3n) is 6.37. The summed E-state index contributed by atoms with van der Waals surface area (Å²) < 4.78 is 26.7. The Labute approximate surface area is 251 Å². The first-order chi connectivity index (χ1) is 18.9. The SMILES string of the molecule is CCC(C)NC(=O)C(Cc1ccccc1)N(Cc1cccc(Cl)c1)C(=O)CN(c1ccc(Cl)cc1Cl)S(C)(=O)=O. The van der Waals surface area contributed by atoms with Gasteiger partial charge >= 0.3 is 0 Å². The molecule has 0 spiro atoms. The van der Waals surface area contributed by atoms with Crippen LogP contribution in [0.15, 0.2) is 72.8 Å². The van der Waals surface area contributed by atoms with Gasteiger partial charge in [-0.1, -0.05) is 84.2 Å². The van der Waals surface area contributed by atoms with Crippen LogP contribution < -0.4 is 9.62 Å². The van der Waals surface area contributed by atoms with Crippen LogP contribution in [0.1, 0.15) is 31.4 Å². The fraction of sp³-hybridized carbons (Fsp3) is 0.310. The molecular weight excluding hydrogens is 593 g/mol. The van der Waals surface area contributed by atoms with Crippen LogP contribution in [0.2, 0.25) is 15.1 Å². The Bertz CT molecular complexity index is 1440. The number of benzene rings is 3. The molecule has 0 heterocycles. The van der Waals surface area contributed by atoms with Crippen LogP contribution in [0.4, 0.5) is 5.69 Å². The third kappa shape index (κ3) is 8.86. The molecule has 3 aromatic rings. The minimum absolute atomic E-state index is 0.0246. The van der Waals surface area contributed by atoms with Gasteiger partial charge in [0, 0.05) is 29.1 Å². The number of carbonyl (C=O) groups excluding carboxylic acids is 2. The van der Waals surface area contributed by atoms with E-state index in [-0.39, 0.29) is 35.6 Å². The molecule has 0 saturated carbocycles. The Morgan fingerprint density at radius 2 is 1.55 bits per heavy atom. The Morgan fingerprint density at radius 1 is 0.900 bits per heavy atom. The predicted octanol–water partition coefficient (Wildman–Crippen LogP) is 5.97. The Morgan fingerprint density at radius 3 is 2.15 bits per heavy atom. The average molecular weight is 625 g/mol. The van der Waals surface area contributed by atoms with Gasteiger partial charge in [0.25, 0.3) is 0 Å². The van der Waals surface area contributed by atoms with Gasteiger partial charge in [0.1, 0.15) is 12.6 Å². The number of sulfonamides is 1. The van der Waals surface area contributed by atoms with Gasteiger partial charge in [0.05, 0.1) is 17.0 Å². The number of anilines is 1. The summed E-state index contributed by atoms with van der Waals surface area (Å²) in [6.45, 7) is 3.28. The lowest BCUT2D eigenvalue weighted by atomic mass is 10.0. The van der Waals surface area contributed by atoms with Crippen molar-refractivity contribution < 1.29 is 18.0 Å². The van der Waals surface area contributed by atoms with Crippen LogP contribution in [0.25, 0.3) is 0 Å². The summed E-state index contributed by atoms with van der Waals surface area (Å²) in [5, 5.41) is 3.85. The maximum absolute atomic E-state index is 14.1. The first-order valence-corrected chi connectivity index (χ1v) is 15.7. The van der Waals surface area contributed by atoms with Crippen molar-refractivity contribution in [1.29, 1.82) is 0 Å². The number of amides is 2. The van der Waals surface area contributed by atoms with Crippen molar-refractivity contribution in [2.24, 2.45) is 0 Å². The van der Waals surface area contributed by atoms with Gasteiger partial charge in [-0.25, -0.2) is 8.42 Å². The van der Waals surface area contributed by atoms with Crippen molar-refractivity contribution in [2.45, 2.75) is 45.3 Å². The van der Waals surface area contributed by atoms with Crippen LogP contribution in [-0.2, 0) is 32.6 Å². The summed E-state index contributed by atoms with van der Waals surface area (Å²) in [7, 11) is -3.95. The second kappa shape index (κ2) is 14.2. The zero-order chi connectivity index (χ0) is 29.4. The number of carbonyl (C=O) groups is 2. The lowest BCUT2D eigenvalue weighted by Gasteiger charge is -2.34. The van der Waals surface area contributed by atoms with E-state index in [0.29, 0.717) is 22.0 Å². The summed E-state index contributed by atoms with van der Waals surface area (Å²) in [4.78, 5) is 29.1. The summed E-state index contributed by atoms with van der Waals surface area (Å²) in [5.74, 6) is -0.930. The maximum atomic E-state index is 14.1. The van der Waals surface area contributed by atoms with Crippen LogP contribution in [0.5, 0.6) is 0 Å². The first-order valence-electron chi connectivity index (χ1n) is 12.7. The van der Waals surface area contributed by atoms with E-state index in [0.717, 1.165) is 16.1 Å². The van der Waals surface area contributed by atoms with E-state index in [9.17, 15) is 18.0 Å². The van der Waals surface area contributed by atoms with Crippen LogP contribution >= 0.6 is 34.8 Å². The van der Waals surface area contributed by atoms with E-state index in [1.807, 2.05) is 44.2 Å². The van der Waals surface area contributed by atoms with E-state index in [1.165, 1.54) is 23.1 Å². The molecule has 3 aromatic carbocycles. The zero-order valence-corrected chi connectivity index (χ0v) is 25.6. The Balaban J connectivity index is 2.08. The highest BCUT2D eigenvalue weighted by Crippen LogP contribution is 2.31. The van der Waals surface area contributed by atoms with E-state index < -0.39 is 28.5 Å². The molecule has 0 aromatic heterocycles. The molecule has 3 rings (SSSR count). The second-order valence-electron chi connectivity index (χ2n) is 9.54. The van der Waals surface area contributed by atoms with E-state index in [1.54, 1.807) is 24.3 Å². The number of nitrogens with one attached hydrogen (secondary N) is 1. The molecule has 0 aliphatic heterocycles. The number of hydrogen-bond acceptors (Lipinski definition) is 4. The minimum Gasteiger partial charge on any atom is -0.352 e. The van der Waals surface area contributed by atoms with Crippen molar-refractivity contribution in [3.8, 4) is 0 Å². The normalized spacial score (nSPS) is 12.8. The molecule has 2 unspecified atom stereocenters. The minimum atomic E-state index is -3.95. The molecule has 1 N–H and O–H groups in total. The quantitative estimate of drug-likeness (QED) is 0.269. The van der Waals surface area contributed by atoms with Crippen molar-refractivity contribution in [1.82, 2.24) is 10.2 Å². The van der Waals surface area contributed by atoms with Crippen LogP contribution in [0, 0.1) is 0 Å². The average Bonchev–Trinajstić information content (AvgIpc) is 2.89. The van der Waals surface area contributed by atoms with Gasteiger partial charge in [0.15, 0.2) is 0 Å². The molecular formula is C29H32Cl3N3O4S. The molecule has 11 heteroatoms. The fourth-order valence-corrected chi connectivity index (χ4v) is 5.74. The highest BCUT2D eigenvalue weighted by molar-refractivity contribution is 7.92. The molecule has 40 heavy (non-hydrogen) atoms. The standard InChI is InChI=1S/C29H32Cl3N3O4S/c1-4-20(2)33-29(37)27(16-21-9-6-5-7-10-21)34(18-22-11-8-12-23(30)15-22)28(36)19-35(40(3,38)39)26-14-13-24(31)17-25(26)32/h5-15,17,20,27H,4,16,18-19H2,1-3H3,(H,33,37). The molecule has 0 fully saturated rings. The van der Waals surface area contributed by atoms with E-state index in [4.69, 9.17) is 34.8 Å². The van der Waals surface area contributed by atoms with Crippen LogP contribution in [-0.4, -0.2) is 50.0 Å². The van der Waals surface area contributed by atoms with Gasteiger partial charge < -0.3 is 10.2 Å². The Kier molecular flexibility index (Phi) is 11.3.